The van der Waals surface area contributed by atoms with Gasteiger partial charge in [-0.1, -0.05) is 19.3 Å². The Kier molecular flexibility index (Phi) is 4.91. The lowest BCUT2D eigenvalue weighted by molar-refractivity contribution is -0.154. The normalized spacial score (nSPS) is 29.1. The van der Waals surface area contributed by atoms with Crippen LogP contribution in [0, 0.1) is 10.8 Å². The van der Waals surface area contributed by atoms with Crippen LogP contribution in [0.15, 0.2) is 0 Å². The number of carbonyl (C=O) groups is 2. The van der Waals surface area contributed by atoms with Gasteiger partial charge in [-0.2, -0.15) is 0 Å². The minimum atomic E-state index is -0.800. The van der Waals surface area contributed by atoms with Crippen molar-refractivity contribution in [3.63, 3.8) is 0 Å². The summed E-state index contributed by atoms with van der Waals surface area (Å²) in [5, 5.41) is 9.36. The lowest BCUT2D eigenvalue weighted by atomic mass is 9.71. The van der Waals surface area contributed by atoms with Gasteiger partial charge in [0.15, 0.2) is 0 Å². The highest BCUT2D eigenvalue weighted by Crippen LogP contribution is 2.39. The Balaban J connectivity index is 2.00. The van der Waals surface area contributed by atoms with Crippen LogP contribution in [0.5, 0.6) is 0 Å². The topological polar surface area (TPSA) is 83.6 Å². The predicted octanol–water partition coefficient (Wildman–Crippen LogP) is 2.00. The lowest BCUT2D eigenvalue weighted by Gasteiger charge is -2.41. The number of aliphatic carboxylic acids is 1. The molecule has 2 rings (SSSR count). The smallest absolute Gasteiger partial charge is 0.311 e. The molecule has 0 aromatic heterocycles. The van der Waals surface area contributed by atoms with E-state index in [2.05, 4.69) is 0 Å². The summed E-state index contributed by atoms with van der Waals surface area (Å²) in [6, 6.07) is 0. The summed E-state index contributed by atoms with van der Waals surface area (Å²) in [6.07, 6.45) is 7.49. The molecule has 1 saturated heterocycles. The van der Waals surface area contributed by atoms with Gasteiger partial charge < -0.3 is 15.7 Å². The Bertz CT molecular complexity index is 404. The molecule has 1 atom stereocenters. The Morgan fingerprint density at radius 1 is 1.14 bits per heavy atom. The number of carboxylic acid groups (broad SMARTS) is 1. The summed E-state index contributed by atoms with van der Waals surface area (Å²) >= 11 is 0. The number of hydrogen-bond donors (Lipinski definition) is 2. The number of piperidine rings is 1. The van der Waals surface area contributed by atoms with Gasteiger partial charge in [-0.05, 0) is 44.6 Å². The van der Waals surface area contributed by atoms with Crippen molar-refractivity contribution >= 4 is 11.9 Å². The first-order chi connectivity index (χ1) is 9.91. The van der Waals surface area contributed by atoms with Crippen molar-refractivity contribution in [2.24, 2.45) is 16.6 Å². The summed E-state index contributed by atoms with van der Waals surface area (Å²) in [4.78, 5) is 25.8. The summed E-state index contributed by atoms with van der Waals surface area (Å²) < 4.78 is 0. The van der Waals surface area contributed by atoms with Crippen molar-refractivity contribution in [1.82, 2.24) is 4.90 Å². The van der Waals surface area contributed by atoms with Crippen LogP contribution in [0.4, 0.5) is 0 Å². The number of nitrogens with two attached hydrogens (primary N) is 1. The van der Waals surface area contributed by atoms with E-state index in [1.807, 2.05) is 0 Å². The quantitative estimate of drug-likeness (QED) is 0.831. The van der Waals surface area contributed by atoms with Crippen molar-refractivity contribution in [1.29, 1.82) is 0 Å². The number of carbonyl (C=O) groups excluding carboxylic acids is 1. The minimum Gasteiger partial charge on any atom is -0.481 e. The molecule has 0 radical (unpaired) electrons. The number of amides is 1. The van der Waals surface area contributed by atoms with Crippen molar-refractivity contribution in [2.75, 3.05) is 19.6 Å². The van der Waals surface area contributed by atoms with Crippen LogP contribution in [0.25, 0.3) is 0 Å². The zero-order valence-corrected chi connectivity index (χ0v) is 13.1. The van der Waals surface area contributed by atoms with Crippen LogP contribution in [-0.4, -0.2) is 41.5 Å². The zero-order valence-electron chi connectivity index (χ0n) is 13.1. The molecule has 1 heterocycles. The fourth-order valence-corrected chi connectivity index (χ4v) is 3.81. The third kappa shape index (κ3) is 3.57. The maximum Gasteiger partial charge on any atom is 0.311 e. The number of carboxylic acids is 1. The van der Waals surface area contributed by atoms with Crippen LogP contribution >= 0.6 is 0 Å². The van der Waals surface area contributed by atoms with Crippen molar-refractivity contribution in [2.45, 2.75) is 58.3 Å². The van der Waals surface area contributed by atoms with Gasteiger partial charge in [0.1, 0.15) is 0 Å². The molecule has 3 N–H and O–H groups in total. The second-order valence-corrected chi connectivity index (χ2v) is 7.23. The van der Waals surface area contributed by atoms with Gasteiger partial charge in [0.2, 0.25) is 5.91 Å². The average molecular weight is 296 g/mol. The molecule has 2 fully saturated rings. The maximum atomic E-state index is 12.6. The molecule has 1 amide bonds. The molecule has 5 heteroatoms. The second kappa shape index (κ2) is 6.34. The van der Waals surface area contributed by atoms with E-state index in [9.17, 15) is 14.7 Å². The first kappa shape index (κ1) is 16.3. The van der Waals surface area contributed by atoms with E-state index in [-0.39, 0.29) is 11.3 Å². The second-order valence-electron chi connectivity index (χ2n) is 7.23. The first-order valence-electron chi connectivity index (χ1n) is 8.12. The van der Waals surface area contributed by atoms with Gasteiger partial charge in [0, 0.05) is 19.5 Å². The minimum absolute atomic E-state index is 0.0492. The Morgan fingerprint density at radius 3 is 2.38 bits per heavy atom. The number of nitrogens with zero attached hydrogens (tertiary/aromatic N) is 1. The van der Waals surface area contributed by atoms with Crippen LogP contribution in [0.3, 0.4) is 0 Å². The molecule has 1 unspecified atom stereocenters. The summed E-state index contributed by atoms with van der Waals surface area (Å²) in [6.45, 7) is 3.32. The largest absolute Gasteiger partial charge is 0.481 e. The molecule has 1 aliphatic heterocycles. The van der Waals surface area contributed by atoms with Crippen LogP contribution in [0.1, 0.15) is 58.3 Å². The summed E-state index contributed by atoms with van der Waals surface area (Å²) in [5.74, 6) is -0.708. The van der Waals surface area contributed by atoms with Gasteiger partial charge >= 0.3 is 5.97 Å². The molecule has 1 saturated carbocycles. The van der Waals surface area contributed by atoms with E-state index >= 15 is 0 Å². The first-order valence-corrected chi connectivity index (χ1v) is 8.12. The van der Waals surface area contributed by atoms with E-state index < -0.39 is 11.4 Å². The molecule has 0 bridgehead atoms. The van der Waals surface area contributed by atoms with E-state index in [0.717, 1.165) is 32.1 Å². The van der Waals surface area contributed by atoms with Gasteiger partial charge in [-0.15, -0.1) is 0 Å². The lowest BCUT2D eigenvalue weighted by Crippen LogP contribution is -2.50. The molecule has 21 heavy (non-hydrogen) atoms. The fourth-order valence-electron chi connectivity index (χ4n) is 3.81. The number of likely N-dealkylation sites (tertiary alicyclic amines) is 1. The Labute approximate surface area is 126 Å². The van der Waals surface area contributed by atoms with E-state index in [0.29, 0.717) is 32.5 Å². The molecule has 2 aliphatic rings. The highest BCUT2D eigenvalue weighted by molar-refractivity contribution is 5.80. The van der Waals surface area contributed by atoms with Gasteiger partial charge in [0.25, 0.3) is 0 Å². The third-order valence-electron chi connectivity index (χ3n) is 5.44. The predicted molar refractivity (Wildman–Crippen MR) is 80.7 cm³/mol. The Morgan fingerprint density at radius 2 is 1.81 bits per heavy atom. The highest BCUT2D eigenvalue weighted by Gasteiger charge is 2.41. The molecular formula is C16H28N2O3. The van der Waals surface area contributed by atoms with Crippen molar-refractivity contribution in [3.8, 4) is 0 Å². The molecule has 0 aromatic carbocycles. The van der Waals surface area contributed by atoms with Crippen molar-refractivity contribution < 1.29 is 14.7 Å². The standard InChI is InChI=1S/C16H28N2O3/c1-15(14(20)21)6-5-9-18(12-15)13(19)10-16(11-17)7-3-2-4-8-16/h2-12,17H2,1H3,(H,20,21). The van der Waals surface area contributed by atoms with Gasteiger partial charge in [-0.25, -0.2) is 0 Å². The molecule has 0 spiro atoms. The SMILES string of the molecule is CC1(C(=O)O)CCCN(C(=O)CC2(CN)CCCCC2)C1. The molecule has 1 aliphatic carbocycles. The maximum absolute atomic E-state index is 12.6. The molecule has 0 aromatic rings. The average Bonchev–Trinajstić information content (AvgIpc) is 2.48. The number of rotatable bonds is 4. The zero-order chi connectivity index (χ0) is 15.5. The van der Waals surface area contributed by atoms with Crippen LogP contribution in [-0.2, 0) is 9.59 Å². The Hall–Kier alpha value is -1.10. The van der Waals surface area contributed by atoms with Gasteiger partial charge in [0.05, 0.1) is 5.41 Å². The van der Waals surface area contributed by atoms with E-state index in [1.165, 1.54) is 6.42 Å². The van der Waals surface area contributed by atoms with E-state index in [1.54, 1.807) is 11.8 Å². The van der Waals surface area contributed by atoms with Crippen LogP contribution in [0.2, 0.25) is 0 Å². The van der Waals surface area contributed by atoms with E-state index in [4.69, 9.17) is 5.73 Å². The summed E-state index contributed by atoms with van der Waals surface area (Å²) in [7, 11) is 0. The fraction of sp³-hybridized carbons (Fsp3) is 0.875. The number of hydrogen-bond acceptors (Lipinski definition) is 3. The molecule has 5 nitrogen and oxygen atoms in total. The van der Waals surface area contributed by atoms with Crippen molar-refractivity contribution in [3.05, 3.63) is 0 Å². The summed E-state index contributed by atoms with van der Waals surface area (Å²) in [5.41, 5.74) is 5.11. The molecule has 120 valence electrons. The third-order valence-corrected chi connectivity index (χ3v) is 5.44. The van der Waals surface area contributed by atoms with Gasteiger partial charge in [-0.3, -0.25) is 9.59 Å². The monoisotopic (exact) mass is 296 g/mol. The molecular weight excluding hydrogens is 268 g/mol. The highest BCUT2D eigenvalue weighted by atomic mass is 16.4. The van der Waals surface area contributed by atoms with Crippen LogP contribution < -0.4 is 5.73 Å².